The van der Waals surface area contributed by atoms with Gasteiger partial charge in [0.1, 0.15) is 0 Å². The number of hydrogen-bond donors (Lipinski definition) is 3. The van der Waals surface area contributed by atoms with Gasteiger partial charge in [0.2, 0.25) is 0 Å². The molecular formula is C14H22N2OS. The van der Waals surface area contributed by atoms with Gasteiger partial charge in [0.15, 0.2) is 0 Å². The fraction of sp³-hybridized carbons (Fsp3) is 0.500. The summed E-state index contributed by atoms with van der Waals surface area (Å²) in [7, 11) is 1.64. The van der Waals surface area contributed by atoms with Crippen molar-refractivity contribution in [1.29, 1.82) is 0 Å². The lowest BCUT2D eigenvalue weighted by Crippen LogP contribution is -2.18. The molecule has 1 unspecified atom stereocenters. The lowest BCUT2D eigenvalue weighted by Gasteiger charge is -2.13. The minimum absolute atomic E-state index is 0.0461. The van der Waals surface area contributed by atoms with Crippen molar-refractivity contribution < 1.29 is 4.79 Å². The summed E-state index contributed by atoms with van der Waals surface area (Å²) >= 11 is 4.57. The van der Waals surface area contributed by atoms with Gasteiger partial charge in [-0.25, -0.2) is 0 Å². The van der Waals surface area contributed by atoms with E-state index in [-0.39, 0.29) is 5.91 Å². The molecule has 0 aliphatic rings. The molecule has 18 heavy (non-hydrogen) atoms. The summed E-state index contributed by atoms with van der Waals surface area (Å²) in [6, 6.07) is 5.81. The van der Waals surface area contributed by atoms with Crippen LogP contribution in [-0.4, -0.2) is 24.7 Å². The average Bonchev–Trinajstić information content (AvgIpc) is 2.37. The van der Waals surface area contributed by atoms with Crippen molar-refractivity contribution in [1.82, 2.24) is 5.32 Å². The molecule has 1 atom stereocenters. The van der Waals surface area contributed by atoms with Gasteiger partial charge in [-0.1, -0.05) is 6.07 Å². The van der Waals surface area contributed by atoms with Gasteiger partial charge in [-0.2, -0.15) is 12.6 Å². The first-order valence-electron chi connectivity index (χ1n) is 6.28. The molecule has 0 saturated carbocycles. The molecule has 1 aromatic rings. The van der Waals surface area contributed by atoms with Gasteiger partial charge in [-0.05, 0) is 56.0 Å². The molecule has 0 aromatic heterocycles. The first-order chi connectivity index (χ1) is 8.58. The number of hydrogen-bond acceptors (Lipinski definition) is 3. The van der Waals surface area contributed by atoms with E-state index in [0.717, 1.165) is 24.8 Å². The molecule has 3 nitrogen and oxygen atoms in total. The zero-order chi connectivity index (χ0) is 13.5. The van der Waals surface area contributed by atoms with E-state index in [1.165, 1.54) is 5.56 Å². The highest BCUT2D eigenvalue weighted by Gasteiger charge is 2.09. The van der Waals surface area contributed by atoms with Gasteiger partial charge in [-0.15, -0.1) is 0 Å². The summed E-state index contributed by atoms with van der Waals surface area (Å²) in [6.45, 7) is 2.75. The number of amides is 1. The van der Waals surface area contributed by atoms with E-state index in [4.69, 9.17) is 5.73 Å². The maximum atomic E-state index is 11.5. The summed E-state index contributed by atoms with van der Waals surface area (Å²) in [5, 5.41) is 2.96. The Labute approximate surface area is 115 Å². The number of benzene rings is 1. The molecule has 100 valence electrons. The first kappa shape index (κ1) is 15.1. The fourth-order valence-electron chi connectivity index (χ4n) is 1.92. The van der Waals surface area contributed by atoms with Gasteiger partial charge >= 0.3 is 0 Å². The minimum atomic E-state index is -0.0461. The van der Waals surface area contributed by atoms with Crippen LogP contribution in [0.1, 0.15) is 34.3 Å². The SMILES string of the molecule is CNC(=O)c1ccc(CC(S)CCCN)c(C)c1. The normalized spacial score (nSPS) is 12.2. The second kappa shape index (κ2) is 7.44. The molecule has 3 N–H and O–H groups in total. The smallest absolute Gasteiger partial charge is 0.251 e. The Balaban J connectivity index is 2.70. The van der Waals surface area contributed by atoms with Gasteiger partial charge < -0.3 is 11.1 Å². The predicted octanol–water partition coefficient (Wildman–Crippen LogP) is 1.93. The Morgan fingerprint density at radius 2 is 2.22 bits per heavy atom. The summed E-state index contributed by atoms with van der Waals surface area (Å²) in [4.78, 5) is 11.5. The molecule has 1 aromatic carbocycles. The van der Waals surface area contributed by atoms with Crippen LogP contribution in [0.5, 0.6) is 0 Å². The number of nitrogens with two attached hydrogens (primary N) is 1. The van der Waals surface area contributed by atoms with Crippen LogP contribution in [0.4, 0.5) is 0 Å². The maximum Gasteiger partial charge on any atom is 0.251 e. The molecule has 1 amide bonds. The molecule has 0 fully saturated rings. The molecule has 0 saturated heterocycles. The molecule has 0 aliphatic carbocycles. The Bertz CT molecular complexity index is 407. The number of thiol groups is 1. The average molecular weight is 266 g/mol. The molecule has 0 spiro atoms. The number of carbonyl (C=O) groups is 1. The van der Waals surface area contributed by atoms with E-state index < -0.39 is 0 Å². The van der Waals surface area contributed by atoms with Gasteiger partial charge in [-0.3, -0.25) is 4.79 Å². The Hall–Kier alpha value is -1.00. The highest BCUT2D eigenvalue weighted by Crippen LogP contribution is 2.17. The molecule has 0 radical (unpaired) electrons. The zero-order valence-corrected chi connectivity index (χ0v) is 12.0. The molecule has 1 rings (SSSR count). The lowest BCUT2D eigenvalue weighted by atomic mass is 9.99. The summed E-state index contributed by atoms with van der Waals surface area (Å²) < 4.78 is 0. The zero-order valence-electron chi connectivity index (χ0n) is 11.1. The van der Waals surface area contributed by atoms with E-state index in [1.54, 1.807) is 7.05 Å². The Kier molecular flexibility index (Phi) is 6.22. The van der Waals surface area contributed by atoms with E-state index >= 15 is 0 Å². The second-order valence-corrected chi connectivity index (χ2v) is 5.24. The highest BCUT2D eigenvalue weighted by atomic mass is 32.1. The summed E-state index contributed by atoms with van der Waals surface area (Å²) in [6.07, 6.45) is 2.95. The van der Waals surface area contributed by atoms with Crippen LogP contribution in [0.3, 0.4) is 0 Å². The highest BCUT2D eigenvalue weighted by molar-refractivity contribution is 7.80. The molecule has 0 bridgehead atoms. The number of carbonyl (C=O) groups excluding carboxylic acids is 1. The third kappa shape index (κ3) is 4.35. The van der Waals surface area contributed by atoms with Crippen LogP contribution >= 0.6 is 12.6 Å². The van der Waals surface area contributed by atoms with Crippen molar-refractivity contribution in [2.75, 3.05) is 13.6 Å². The molecule has 0 heterocycles. The molecule has 0 aliphatic heterocycles. The Morgan fingerprint density at radius 1 is 1.50 bits per heavy atom. The van der Waals surface area contributed by atoms with Crippen LogP contribution in [0.25, 0.3) is 0 Å². The molecule has 4 heteroatoms. The second-order valence-electron chi connectivity index (χ2n) is 4.51. The minimum Gasteiger partial charge on any atom is -0.355 e. The summed E-state index contributed by atoms with van der Waals surface area (Å²) in [5.41, 5.74) is 8.59. The van der Waals surface area contributed by atoms with E-state index in [0.29, 0.717) is 17.4 Å². The molecular weight excluding hydrogens is 244 g/mol. The van der Waals surface area contributed by atoms with Crippen LogP contribution < -0.4 is 11.1 Å². The third-order valence-electron chi connectivity index (χ3n) is 3.03. The standard InChI is InChI=1S/C14H22N2OS/c1-10-8-12(14(17)16-2)6-5-11(10)9-13(18)4-3-7-15/h5-6,8,13,18H,3-4,7,9,15H2,1-2H3,(H,16,17). The Morgan fingerprint density at radius 3 is 2.78 bits per heavy atom. The van der Waals surface area contributed by atoms with Crippen molar-refractivity contribution in [3.05, 3.63) is 34.9 Å². The fourth-order valence-corrected chi connectivity index (χ4v) is 2.30. The van der Waals surface area contributed by atoms with Crippen molar-refractivity contribution in [3.8, 4) is 0 Å². The van der Waals surface area contributed by atoms with Gasteiger partial charge in [0.05, 0.1) is 0 Å². The van der Waals surface area contributed by atoms with E-state index in [2.05, 4.69) is 17.9 Å². The quantitative estimate of drug-likeness (QED) is 0.689. The van der Waals surface area contributed by atoms with Crippen LogP contribution in [0.15, 0.2) is 18.2 Å². The maximum absolute atomic E-state index is 11.5. The van der Waals surface area contributed by atoms with Crippen LogP contribution in [0.2, 0.25) is 0 Å². The van der Waals surface area contributed by atoms with Crippen molar-refractivity contribution in [3.63, 3.8) is 0 Å². The van der Waals surface area contributed by atoms with Crippen molar-refractivity contribution in [2.45, 2.75) is 31.4 Å². The monoisotopic (exact) mass is 266 g/mol. The predicted molar refractivity (Wildman–Crippen MR) is 79.3 cm³/mol. The van der Waals surface area contributed by atoms with Crippen LogP contribution in [0, 0.1) is 6.92 Å². The largest absolute Gasteiger partial charge is 0.355 e. The topological polar surface area (TPSA) is 55.1 Å². The van der Waals surface area contributed by atoms with Gasteiger partial charge in [0, 0.05) is 17.9 Å². The van der Waals surface area contributed by atoms with E-state index in [9.17, 15) is 4.79 Å². The van der Waals surface area contributed by atoms with Crippen LogP contribution in [-0.2, 0) is 6.42 Å². The van der Waals surface area contributed by atoms with E-state index in [1.807, 2.05) is 25.1 Å². The number of rotatable bonds is 6. The third-order valence-corrected chi connectivity index (χ3v) is 3.47. The number of aryl methyl sites for hydroxylation is 1. The first-order valence-corrected chi connectivity index (χ1v) is 6.80. The lowest BCUT2D eigenvalue weighted by molar-refractivity contribution is 0.0963. The van der Waals surface area contributed by atoms with Gasteiger partial charge in [0.25, 0.3) is 5.91 Å². The summed E-state index contributed by atoms with van der Waals surface area (Å²) in [5.74, 6) is -0.0461. The number of nitrogens with one attached hydrogen (secondary N) is 1. The van der Waals surface area contributed by atoms with Crippen molar-refractivity contribution in [2.24, 2.45) is 5.73 Å². The van der Waals surface area contributed by atoms with Crippen molar-refractivity contribution >= 4 is 18.5 Å².